The minimum atomic E-state index is 0.278. The number of hydrogen-bond acceptors (Lipinski definition) is 6. The van der Waals surface area contributed by atoms with Crippen LogP contribution < -0.4 is 16.8 Å². The maximum absolute atomic E-state index is 6.43. The summed E-state index contributed by atoms with van der Waals surface area (Å²) in [6, 6.07) is 8.52. The lowest BCUT2D eigenvalue weighted by Crippen LogP contribution is -2.26. The van der Waals surface area contributed by atoms with Gasteiger partial charge in [0.25, 0.3) is 0 Å². The third-order valence-corrected chi connectivity index (χ3v) is 6.02. The number of nitrogens with zero attached hydrogens (tertiary/aromatic N) is 5. The summed E-state index contributed by atoms with van der Waals surface area (Å²) >= 11 is 0. The predicted octanol–water partition coefficient (Wildman–Crippen LogP) is 3.44. The van der Waals surface area contributed by atoms with Crippen LogP contribution in [0.2, 0.25) is 0 Å². The van der Waals surface area contributed by atoms with Gasteiger partial charge in [-0.1, -0.05) is 0 Å². The molecule has 1 aliphatic rings. The first-order chi connectivity index (χ1) is 14.6. The van der Waals surface area contributed by atoms with Crippen LogP contribution in [-0.4, -0.2) is 30.2 Å². The van der Waals surface area contributed by atoms with E-state index in [-0.39, 0.29) is 6.04 Å². The van der Waals surface area contributed by atoms with Gasteiger partial charge in [-0.05, 0) is 55.9 Å². The Bertz CT molecular complexity index is 1170. The lowest BCUT2D eigenvalue weighted by Gasteiger charge is -2.28. The van der Waals surface area contributed by atoms with Gasteiger partial charge in [0.1, 0.15) is 11.6 Å². The first kappa shape index (κ1) is 18.6. The standard InChI is InChI=1S/C22H26N8/c1-29-12-10-25-21(29)15-4-8-17(9-5-15)27-19-18(14-2-6-16(23)7-3-14)20(24)28-30-13-11-26-22(19)30/h4-5,8-14,16,27H,2-3,6-7,23H2,1H3,(H2,24,28)/t14-,16-. The molecule has 8 nitrogen and oxygen atoms in total. The Balaban J connectivity index is 1.52. The van der Waals surface area contributed by atoms with E-state index in [9.17, 15) is 0 Å². The smallest absolute Gasteiger partial charge is 0.177 e. The molecule has 0 aliphatic heterocycles. The van der Waals surface area contributed by atoms with Crippen molar-refractivity contribution in [3.8, 4) is 11.4 Å². The first-order valence-electron chi connectivity index (χ1n) is 10.3. The van der Waals surface area contributed by atoms with E-state index < -0.39 is 0 Å². The third-order valence-electron chi connectivity index (χ3n) is 6.02. The molecular weight excluding hydrogens is 376 g/mol. The quantitative estimate of drug-likeness (QED) is 0.482. The van der Waals surface area contributed by atoms with Crippen molar-refractivity contribution in [1.82, 2.24) is 24.1 Å². The molecule has 154 valence electrons. The van der Waals surface area contributed by atoms with Gasteiger partial charge in [0, 0.05) is 54.7 Å². The Hall–Kier alpha value is -3.39. The summed E-state index contributed by atoms with van der Waals surface area (Å²) in [5, 5.41) is 8.12. The molecule has 3 heterocycles. The molecule has 0 atom stereocenters. The lowest BCUT2D eigenvalue weighted by atomic mass is 9.81. The van der Waals surface area contributed by atoms with Crippen molar-refractivity contribution in [1.29, 1.82) is 0 Å². The molecule has 1 aliphatic carbocycles. The molecule has 3 aromatic heterocycles. The maximum atomic E-state index is 6.43. The Morgan fingerprint density at radius 1 is 1.00 bits per heavy atom. The van der Waals surface area contributed by atoms with Crippen LogP contribution in [0.3, 0.4) is 0 Å². The summed E-state index contributed by atoms with van der Waals surface area (Å²) in [6.07, 6.45) is 11.3. The summed E-state index contributed by atoms with van der Waals surface area (Å²) in [5.41, 5.74) is 17.3. The number of nitrogens with one attached hydrogen (secondary N) is 1. The van der Waals surface area contributed by atoms with Crippen molar-refractivity contribution in [3.05, 3.63) is 54.6 Å². The van der Waals surface area contributed by atoms with Crippen molar-refractivity contribution < 1.29 is 0 Å². The average Bonchev–Trinajstić information content (AvgIpc) is 3.38. The molecule has 0 bridgehead atoms. The fourth-order valence-electron chi connectivity index (χ4n) is 4.41. The highest BCUT2D eigenvalue weighted by atomic mass is 15.3. The molecule has 0 spiro atoms. The van der Waals surface area contributed by atoms with Gasteiger partial charge < -0.3 is 21.4 Å². The number of nitrogens with two attached hydrogens (primary N) is 2. The number of imidazole rings is 2. The van der Waals surface area contributed by atoms with Crippen molar-refractivity contribution in [2.75, 3.05) is 11.1 Å². The number of aromatic nitrogens is 5. The molecule has 0 saturated heterocycles. The highest BCUT2D eigenvalue weighted by Crippen LogP contribution is 2.41. The number of anilines is 3. The molecule has 5 N–H and O–H groups in total. The van der Waals surface area contributed by atoms with E-state index in [1.165, 1.54) is 0 Å². The van der Waals surface area contributed by atoms with Gasteiger partial charge in [0.2, 0.25) is 0 Å². The number of hydrogen-bond donors (Lipinski definition) is 3. The van der Waals surface area contributed by atoms with Crippen molar-refractivity contribution in [3.63, 3.8) is 0 Å². The van der Waals surface area contributed by atoms with Gasteiger partial charge in [-0.3, -0.25) is 0 Å². The molecule has 0 amide bonds. The number of nitrogen functional groups attached to an aromatic ring is 1. The van der Waals surface area contributed by atoms with E-state index in [1.54, 1.807) is 16.9 Å². The van der Waals surface area contributed by atoms with E-state index >= 15 is 0 Å². The van der Waals surface area contributed by atoms with E-state index in [0.29, 0.717) is 11.7 Å². The van der Waals surface area contributed by atoms with Gasteiger partial charge in [-0.25, -0.2) is 14.5 Å². The van der Waals surface area contributed by atoms with E-state index in [4.69, 9.17) is 11.5 Å². The molecular formula is C22H26N8. The van der Waals surface area contributed by atoms with Crippen LogP contribution in [-0.2, 0) is 7.05 Å². The van der Waals surface area contributed by atoms with Crippen LogP contribution in [0.25, 0.3) is 17.0 Å². The van der Waals surface area contributed by atoms with E-state index in [1.807, 2.05) is 24.0 Å². The normalized spacial score (nSPS) is 19.3. The second-order valence-electron chi connectivity index (χ2n) is 8.05. The van der Waals surface area contributed by atoms with Crippen LogP contribution in [0.4, 0.5) is 17.2 Å². The zero-order valence-corrected chi connectivity index (χ0v) is 17.0. The Kier molecular flexibility index (Phi) is 4.63. The lowest BCUT2D eigenvalue weighted by molar-refractivity contribution is 0.396. The van der Waals surface area contributed by atoms with Gasteiger partial charge in [0.05, 0.1) is 5.69 Å². The monoisotopic (exact) mass is 402 g/mol. The Labute approximate surface area is 174 Å². The number of fused-ring (bicyclic) bond motifs is 1. The van der Waals surface area contributed by atoms with Crippen LogP contribution in [0.5, 0.6) is 0 Å². The van der Waals surface area contributed by atoms with Crippen LogP contribution >= 0.6 is 0 Å². The highest BCUT2D eigenvalue weighted by molar-refractivity contribution is 5.81. The van der Waals surface area contributed by atoms with Crippen molar-refractivity contribution in [2.24, 2.45) is 12.8 Å². The molecule has 5 rings (SSSR count). The minimum Gasteiger partial charge on any atom is -0.382 e. The Morgan fingerprint density at radius 2 is 1.73 bits per heavy atom. The fraction of sp³-hybridized carbons (Fsp3) is 0.318. The zero-order chi connectivity index (χ0) is 20.7. The topological polar surface area (TPSA) is 112 Å². The van der Waals surface area contributed by atoms with E-state index in [2.05, 4.69) is 44.6 Å². The second kappa shape index (κ2) is 7.46. The second-order valence-corrected chi connectivity index (χ2v) is 8.05. The molecule has 4 aromatic rings. The van der Waals surface area contributed by atoms with Crippen LogP contribution in [0, 0.1) is 0 Å². The number of aryl methyl sites for hydroxylation is 1. The maximum Gasteiger partial charge on any atom is 0.177 e. The highest BCUT2D eigenvalue weighted by Gasteiger charge is 2.27. The number of benzene rings is 1. The molecule has 1 saturated carbocycles. The summed E-state index contributed by atoms with van der Waals surface area (Å²) in [7, 11) is 1.99. The van der Waals surface area contributed by atoms with Gasteiger partial charge in [-0.15, -0.1) is 5.10 Å². The van der Waals surface area contributed by atoms with Crippen LogP contribution in [0.1, 0.15) is 37.2 Å². The molecule has 30 heavy (non-hydrogen) atoms. The van der Waals surface area contributed by atoms with Gasteiger partial charge >= 0.3 is 0 Å². The first-order valence-corrected chi connectivity index (χ1v) is 10.3. The fourth-order valence-corrected chi connectivity index (χ4v) is 4.41. The summed E-state index contributed by atoms with van der Waals surface area (Å²) < 4.78 is 3.74. The molecule has 0 radical (unpaired) electrons. The van der Waals surface area contributed by atoms with Crippen molar-refractivity contribution >= 4 is 22.8 Å². The zero-order valence-electron chi connectivity index (χ0n) is 17.0. The third kappa shape index (κ3) is 3.29. The molecule has 8 heteroatoms. The van der Waals surface area contributed by atoms with E-state index in [0.717, 1.165) is 59.7 Å². The van der Waals surface area contributed by atoms with Crippen molar-refractivity contribution in [2.45, 2.75) is 37.6 Å². The SMILES string of the molecule is Cn1ccnc1-c1ccc(Nc2c3nccn3nc(N)c2[C@H]2CC[C@H](N)CC2)cc1. The molecule has 1 fully saturated rings. The summed E-state index contributed by atoms with van der Waals surface area (Å²) in [5.74, 6) is 1.81. The molecule has 0 unspecified atom stereocenters. The average molecular weight is 403 g/mol. The summed E-state index contributed by atoms with van der Waals surface area (Å²) in [4.78, 5) is 8.96. The van der Waals surface area contributed by atoms with Gasteiger partial charge in [0.15, 0.2) is 5.65 Å². The minimum absolute atomic E-state index is 0.278. The van der Waals surface area contributed by atoms with Gasteiger partial charge in [-0.2, -0.15) is 0 Å². The predicted molar refractivity (Wildman–Crippen MR) is 119 cm³/mol. The number of rotatable bonds is 4. The van der Waals surface area contributed by atoms with Crippen LogP contribution in [0.15, 0.2) is 49.1 Å². The largest absolute Gasteiger partial charge is 0.382 e. The molecule has 1 aromatic carbocycles. The Morgan fingerprint density at radius 3 is 2.43 bits per heavy atom. The summed E-state index contributed by atoms with van der Waals surface area (Å²) in [6.45, 7) is 0.